The van der Waals surface area contributed by atoms with E-state index in [1.165, 1.54) is 6.07 Å². The van der Waals surface area contributed by atoms with Crippen LogP contribution in [0.3, 0.4) is 0 Å². The van der Waals surface area contributed by atoms with Crippen LogP contribution in [0.1, 0.15) is 25.3 Å². The third kappa shape index (κ3) is 3.56. The lowest BCUT2D eigenvalue weighted by atomic mass is 10.1. The van der Waals surface area contributed by atoms with Gasteiger partial charge in [-0.25, -0.2) is 4.39 Å². The monoisotopic (exact) mass is 194 g/mol. The van der Waals surface area contributed by atoms with Crippen molar-refractivity contribution in [1.82, 2.24) is 0 Å². The van der Waals surface area contributed by atoms with E-state index < -0.39 is 5.82 Å². The number of nitrogens with one attached hydrogen (secondary N) is 1. The molecule has 1 rings (SSSR count). The molecular formula is C11H14FNO. The fourth-order valence-corrected chi connectivity index (χ4v) is 1.34. The summed E-state index contributed by atoms with van der Waals surface area (Å²) in [5.41, 5.74) is 1.41. The van der Waals surface area contributed by atoms with E-state index in [0.29, 0.717) is 12.1 Å². The van der Waals surface area contributed by atoms with Crippen LogP contribution in [0, 0.1) is 11.2 Å². The molecule has 0 amide bonds. The highest BCUT2D eigenvalue weighted by atomic mass is 18.2. The van der Waals surface area contributed by atoms with E-state index in [9.17, 15) is 4.39 Å². The molecule has 0 aliphatic rings. The number of hydrogen-bond donors (Lipinski definition) is 2. The Balaban J connectivity index is 2.54. The largest absolute Gasteiger partial charge is 0.508 e. The summed E-state index contributed by atoms with van der Waals surface area (Å²) in [5.74, 6) is -0.446. The average molecular weight is 194 g/mol. The molecule has 0 aliphatic carbocycles. The van der Waals surface area contributed by atoms with E-state index in [2.05, 4.69) is 0 Å². The Morgan fingerprint density at radius 2 is 2.14 bits per heavy atom. The molecule has 2 nitrogen and oxygen atoms in total. The molecule has 1 aromatic rings. The molecule has 0 aliphatic heterocycles. The summed E-state index contributed by atoms with van der Waals surface area (Å²) in [4.78, 5) is 0. The molecule has 14 heavy (non-hydrogen) atoms. The third-order valence-corrected chi connectivity index (χ3v) is 1.96. The Labute approximate surface area is 82.9 Å². The molecular weight excluding hydrogens is 180 g/mol. The van der Waals surface area contributed by atoms with Crippen LogP contribution in [0.4, 0.5) is 4.39 Å². The molecule has 0 bridgehead atoms. The maximum Gasteiger partial charge on any atom is 0.127 e. The van der Waals surface area contributed by atoms with Crippen LogP contribution >= 0.6 is 0 Å². The van der Waals surface area contributed by atoms with Gasteiger partial charge in [0, 0.05) is 11.8 Å². The molecule has 0 heterocycles. The fourth-order valence-electron chi connectivity index (χ4n) is 1.34. The summed E-state index contributed by atoms with van der Waals surface area (Å²) < 4.78 is 12.8. The number of aryl methyl sites for hydroxylation is 1. The van der Waals surface area contributed by atoms with Crippen molar-refractivity contribution in [2.75, 3.05) is 0 Å². The summed E-state index contributed by atoms with van der Waals surface area (Å²) in [6, 6.07) is 4.06. The molecule has 0 unspecified atom stereocenters. The van der Waals surface area contributed by atoms with Gasteiger partial charge in [-0.15, -0.1) is 0 Å². The van der Waals surface area contributed by atoms with Gasteiger partial charge in [-0.2, -0.15) is 0 Å². The average Bonchev–Trinajstić information content (AvgIpc) is 2.01. The Morgan fingerprint density at radius 3 is 2.71 bits per heavy atom. The molecule has 0 saturated carbocycles. The maximum absolute atomic E-state index is 12.8. The van der Waals surface area contributed by atoms with Gasteiger partial charge in [-0.05, 0) is 43.9 Å². The normalized spacial score (nSPS) is 10.1. The highest BCUT2D eigenvalue weighted by Gasteiger charge is 2.00. The minimum atomic E-state index is -0.411. The zero-order valence-corrected chi connectivity index (χ0v) is 8.18. The first-order chi connectivity index (χ1) is 6.58. The lowest BCUT2D eigenvalue weighted by molar-refractivity contribution is 0.468. The molecule has 0 fully saturated rings. The summed E-state index contributed by atoms with van der Waals surface area (Å²) in [5, 5.41) is 16.3. The van der Waals surface area contributed by atoms with Crippen LogP contribution in [0.5, 0.6) is 5.75 Å². The van der Waals surface area contributed by atoms with Crippen LogP contribution in [0.25, 0.3) is 0 Å². The third-order valence-electron chi connectivity index (χ3n) is 1.96. The number of phenolic OH excluding ortho intramolecular Hbond substituents is 1. The number of hydrogen-bond acceptors (Lipinski definition) is 2. The van der Waals surface area contributed by atoms with Crippen molar-refractivity contribution < 1.29 is 9.50 Å². The van der Waals surface area contributed by atoms with Gasteiger partial charge in [-0.3, -0.25) is 0 Å². The summed E-state index contributed by atoms with van der Waals surface area (Å²) in [7, 11) is 0. The van der Waals surface area contributed by atoms with E-state index in [4.69, 9.17) is 10.5 Å². The second kappa shape index (κ2) is 4.74. The van der Waals surface area contributed by atoms with Crippen molar-refractivity contribution in [1.29, 1.82) is 5.41 Å². The van der Waals surface area contributed by atoms with Crippen molar-refractivity contribution in [3.05, 3.63) is 29.6 Å². The van der Waals surface area contributed by atoms with E-state index in [1.807, 2.05) is 0 Å². The molecule has 0 aromatic heterocycles. The van der Waals surface area contributed by atoms with Gasteiger partial charge in [0.1, 0.15) is 11.6 Å². The molecule has 1 aromatic carbocycles. The Hall–Kier alpha value is -1.38. The number of phenols is 1. The summed E-state index contributed by atoms with van der Waals surface area (Å²) in [6.07, 6.45) is 2.23. The minimum Gasteiger partial charge on any atom is -0.508 e. The highest BCUT2D eigenvalue weighted by molar-refractivity contribution is 5.78. The van der Waals surface area contributed by atoms with Gasteiger partial charge in [0.05, 0.1) is 0 Å². The predicted molar refractivity (Wildman–Crippen MR) is 54.4 cm³/mol. The van der Waals surface area contributed by atoms with Crippen LogP contribution in [0.15, 0.2) is 18.2 Å². The lowest BCUT2D eigenvalue weighted by Gasteiger charge is -2.02. The van der Waals surface area contributed by atoms with Crippen molar-refractivity contribution in [3.63, 3.8) is 0 Å². The lowest BCUT2D eigenvalue weighted by Crippen LogP contribution is -1.92. The number of aromatic hydroxyl groups is 1. The molecule has 0 saturated heterocycles. The zero-order valence-electron chi connectivity index (χ0n) is 8.18. The van der Waals surface area contributed by atoms with E-state index in [-0.39, 0.29) is 5.75 Å². The topological polar surface area (TPSA) is 44.1 Å². The van der Waals surface area contributed by atoms with Gasteiger partial charge >= 0.3 is 0 Å². The maximum atomic E-state index is 12.8. The quantitative estimate of drug-likeness (QED) is 0.711. The van der Waals surface area contributed by atoms with Gasteiger partial charge in [0.15, 0.2) is 0 Å². The van der Waals surface area contributed by atoms with E-state index >= 15 is 0 Å². The first kappa shape index (κ1) is 10.7. The molecule has 2 N–H and O–H groups in total. The Kier molecular flexibility index (Phi) is 3.63. The van der Waals surface area contributed by atoms with Gasteiger partial charge < -0.3 is 10.5 Å². The van der Waals surface area contributed by atoms with Crippen LogP contribution < -0.4 is 0 Å². The Morgan fingerprint density at radius 1 is 1.43 bits per heavy atom. The number of benzene rings is 1. The minimum absolute atomic E-state index is 0.0356. The van der Waals surface area contributed by atoms with Gasteiger partial charge in [0.25, 0.3) is 0 Å². The highest BCUT2D eigenvalue weighted by Crippen LogP contribution is 2.16. The molecule has 3 heteroatoms. The summed E-state index contributed by atoms with van der Waals surface area (Å²) >= 11 is 0. The molecule has 0 spiro atoms. The fraction of sp³-hybridized carbons (Fsp3) is 0.364. The van der Waals surface area contributed by atoms with Crippen molar-refractivity contribution in [2.24, 2.45) is 0 Å². The van der Waals surface area contributed by atoms with Crippen LogP contribution in [-0.2, 0) is 6.42 Å². The first-order valence-corrected chi connectivity index (χ1v) is 4.60. The Bertz CT molecular complexity index is 316. The second-order valence-corrected chi connectivity index (χ2v) is 3.45. The van der Waals surface area contributed by atoms with E-state index in [0.717, 1.165) is 24.5 Å². The van der Waals surface area contributed by atoms with Crippen molar-refractivity contribution in [2.45, 2.75) is 26.2 Å². The molecule has 0 atom stereocenters. The predicted octanol–water partition coefficient (Wildman–Crippen LogP) is 2.89. The SMILES string of the molecule is CC(=N)CCCc1cc(O)cc([18F])c1. The molecule has 76 valence electrons. The van der Waals surface area contributed by atoms with Crippen LogP contribution in [0.2, 0.25) is 0 Å². The number of halogens is 1. The van der Waals surface area contributed by atoms with E-state index in [1.54, 1.807) is 13.0 Å². The zero-order chi connectivity index (χ0) is 10.6. The summed E-state index contributed by atoms with van der Waals surface area (Å²) in [6.45, 7) is 1.75. The number of rotatable bonds is 4. The first-order valence-electron chi connectivity index (χ1n) is 4.60. The van der Waals surface area contributed by atoms with Crippen LogP contribution in [-0.4, -0.2) is 10.8 Å². The standard InChI is InChI=1S/C11H14FNO/c1-8(13)3-2-4-9-5-10(12)7-11(14)6-9/h5-7,13-14H,2-4H2,1H3/i12-1. The van der Waals surface area contributed by atoms with Gasteiger partial charge in [0.2, 0.25) is 0 Å². The smallest absolute Gasteiger partial charge is 0.127 e. The molecule has 0 radical (unpaired) electrons. The second-order valence-electron chi connectivity index (χ2n) is 3.45. The van der Waals surface area contributed by atoms with Crippen molar-refractivity contribution in [3.8, 4) is 5.75 Å². The van der Waals surface area contributed by atoms with Crippen molar-refractivity contribution >= 4 is 5.71 Å². The van der Waals surface area contributed by atoms with Gasteiger partial charge in [-0.1, -0.05) is 0 Å².